The maximum atomic E-state index is 12.4. The molecule has 2 aromatic rings. The summed E-state index contributed by atoms with van der Waals surface area (Å²) in [5.74, 6) is -0.303. The van der Waals surface area contributed by atoms with Gasteiger partial charge in [0.1, 0.15) is 6.04 Å². The first-order chi connectivity index (χ1) is 13.3. The first-order valence-corrected chi connectivity index (χ1v) is 9.15. The van der Waals surface area contributed by atoms with Crippen molar-refractivity contribution in [2.24, 2.45) is 0 Å². The van der Waals surface area contributed by atoms with Gasteiger partial charge in [-0.1, -0.05) is 17.7 Å². The molecule has 28 heavy (non-hydrogen) atoms. The Balaban J connectivity index is 1.65. The molecule has 0 unspecified atom stereocenters. The normalized spacial score (nSPS) is 14.6. The van der Waals surface area contributed by atoms with Crippen LogP contribution in [-0.4, -0.2) is 29.3 Å². The SMILES string of the molecule is C[C@@H](Nc1ccc(N2CCCC2=O)c(Cl)c1)C(=O)Nc1cccc([N+](=O)[O-])c1. The van der Waals surface area contributed by atoms with E-state index < -0.39 is 11.0 Å². The van der Waals surface area contributed by atoms with Crippen molar-refractivity contribution in [3.63, 3.8) is 0 Å². The minimum absolute atomic E-state index is 0.0484. The summed E-state index contributed by atoms with van der Waals surface area (Å²) in [5, 5.41) is 16.9. The number of carbonyl (C=O) groups excluding carboxylic acids is 2. The fourth-order valence-corrected chi connectivity index (χ4v) is 3.26. The average molecular weight is 403 g/mol. The van der Waals surface area contributed by atoms with Gasteiger partial charge in [-0.05, 0) is 37.6 Å². The van der Waals surface area contributed by atoms with Crippen molar-refractivity contribution in [2.45, 2.75) is 25.8 Å². The van der Waals surface area contributed by atoms with Crippen molar-refractivity contribution < 1.29 is 14.5 Å². The van der Waals surface area contributed by atoms with Crippen LogP contribution in [0.3, 0.4) is 0 Å². The van der Waals surface area contributed by atoms with Crippen molar-refractivity contribution in [3.8, 4) is 0 Å². The molecular weight excluding hydrogens is 384 g/mol. The van der Waals surface area contributed by atoms with Crippen molar-refractivity contribution in [1.82, 2.24) is 0 Å². The maximum absolute atomic E-state index is 12.4. The minimum atomic E-state index is -0.616. The Labute approximate surface area is 166 Å². The van der Waals surface area contributed by atoms with E-state index in [9.17, 15) is 19.7 Å². The summed E-state index contributed by atoms with van der Waals surface area (Å²) in [6.07, 6.45) is 1.33. The van der Waals surface area contributed by atoms with Gasteiger partial charge in [0.25, 0.3) is 5.69 Å². The van der Waals surface area contributed by atoms with E-state index in [1.54, 1.807) is 36.1 Å². The molecule has 146 valence electrons. The summed E-state index contributed by atoms with van der Waals surface area (Å²) >= 11 is 6.32. The van der Waals surface area contributed by atoms with E-state index in [2.05, 4.69) is 10.6 Å². The Morgan fingerprint density at radius 2 is 2.04 bits per heavy atom. The second-order valence-corrected chi connectivity index (χ2v) is 6.89. The molecule has 0 aromatic heterocycles. The average Bonchev–Trinajstić information content (AvgIpc) is 3.07. The highest BCUT2D eigenvalue weighted by molar-refractivity contribution is 6.34. The number of amides is 2. The summed E-state index contributed by atoms with van der Waals surface area (Å²) < 4.78 is 0. The van der Waals surface area contributed by atoms with E-state index in [0.29, 0.717) is 35.1 Å². The molecule has 9 heteroatoms. The van der Waals surface area contributed by atoms with E-state index in [1.807, 2.05) is 0 Å². The van der Waals surface area contributed by atoms with Crippen LogP contribution >= 0.6 is 11.6 Å². The molecule has 0 aliphatic carbocycles. The summed E-state index contributed by atoms with van der Waals surface area (Å²) in [7, 11) is 0. The van der Waals surface area contributed by atoms with Gasteiger partial charge in [0.05, 0.1) is 15.6 Å². The van der Waals surface area contributed by atoms with Gasteiger partial charge >= 0.3 is 0 Å². The highest BCUT2D eigenvalue weighted by atomic mass is 35.5. The van der Waals surface area contributed by atoms with Gasteiger partial charge in [0, 0.05) is 36.5 Å². The third-order valence-electron chi connectivity index (χ3n) is 4.41. The number of nitrogens with zero attached hydrogens (tertiary/aromatic N) is 2. The molecule has 2 amide bonds. The second kappa shape index (κ2) is 8.26. The van der Waals surface area contributed by atoms with Crippen LogP contribution in [0.4, 0.5) is 22.7 Å². The van der Waals surface area contributed by atoms with Crippen LogP contribution in [0.15, 0.2) is 42.5 Å². The fraction of sp³-hybridized carbons (Fsp3) is 0.263. The first-order valence-electron chi connectivity index (χ1n) is 8.77. The lowest BCUT2D eigenvalue weighted by Gasteiger charge is -2.20. The van der Waals surface area contributed by atoms with Crippen LogP contribution in [0.2, 0.25) is 5.02 Å². The number of hydrogen-bond donors (Lipinski definition) is 2. The number of hydrogen-bond acceptors (Lipinski definition) is 5. The number of nitrogens with one attached hydrogen (secondary N) is 2. The predicted octanol–water partition coefficient (Wildman–Crippen LogP) is 3.81. The Morgan fingerprint density at radius 3 is 2.68 bits per heavy atom. The largest absolute Gasteiger partial charge is 0.374 e. The molecule has 0 saturated carbocycles. The van der Waals surface area contributed by atoms with Gasteiger partial charge in [-0.3, -0.25) is 19.7 Å². The Bertz CT molecular complexity index is 934. The number of carbonyl (C=O) groups is 2. The molecule has 0 bridgehead atoms. The number of nitro groups is 1. The van der Waals surface area contributed by atoms with Gasteiger partial charge in [0.2, 0.25) is 11.8 Å². The number of non-ortho nitro benzene ring substituents is 1. The quantitative estimate of drug-likeness (QED) is 0.564. The van der Waals surface area contributed by atoms with Crippen LogP contribution in [0.5, 0.6) is 0 Å². The molecule has 1 aliphatic heterocycles. The summed E-state index contributed by atoms with van der Waals surface area (Å²) in [5.41, 5.74) is 1.52. The molecule has 8 nitrogen and oxygen atoms in total. The van der Waals surface area contributed by atoms with Gasteiger partial charge in [-0.2, -0.15) is 0 Å². The van der Waals surface area contributed by atoms with Crippen LogP contribution in [0.25, 0.3) is 0 Å². The molecule has 1 aliphatic rings. The highest BCUT2D eigenvalue weighted by Crippen LogP contribution is 2.32. The van der Waals surface area contributed by atoms with Gasteiger partial charge in [-0.25, -0.2) is 0 Å². The molecular formula is C19H19ClN4O4. The monoisotopic (exact) mass is 402 g/mol. The van der Waals surface area contributed by atoms with Crippen LogP contribution in [-0.2, 0) is 9.59 Å². The predicted molar refractivity (Wildman–Crippen MR) is 108 cm³/mol. The van der Waals surface area contributed by atoms with Crippen LogP contribution in [0, 0.1) is 10.1 Å². The first kappa shape index (κ1) is 19.6. The zero-order valence-corrected chi connectivity index (χ0v) is 15.9. The van der Waals surface area contributed by atoms with Gasteiger partial charge in [0.15, 0.2) is 0 Å². The van der Waals surface area contributed by atoms with E-state index in [-0.39, 0.29) is 17.5 Å². The number of nitro benzene ring substituents is 1. The second-order valence-electron chi connectivity index (χ2n) is 6.48. The van der Waals surface area contributed by atoms with E-state index in [4.69, 9.17) is 11.6 Å². The highest BCUT2D eigenvalue weighted by Gasteiger charge is 2.24. The molecule has 2 N–H and O–H groups in total. The number of benzene rings is 2. The number of halogens is 1. The van der Waals surface area contributed by atoms with Crippen molar-refractivity contribution in [3.05, 3.63) is 57.6 Å². The molecule has 2 aromatic carbocycles. The van der Waals surface area contributed by atoms with E-state index in [0.717, 1.165) is 6.42 Å². The molecule has 1 heterocycles. The Hall–Kier alpha value is -3.13. The van der Waals surface area contributed by atoms with Crippen molar-refractivity contribution in [1.29, 1.82) is 0 Å². The van der Waals surface area contributed by atoms with E-state index in [1.165, 1.54) is 18.2 Å². The summed E-state index contributed by atoms with van der Waals surface area (Å²) in [4.78, 5) is 36.2. The third kappa shape index (κ3) is 4.40. The van der Waals surface area contributed by atoms with Crippen LogP contribution in [0.1, 0.15) is 19.8 Å². The van der Waals surface area contributed by atoms with Crippen molar-refractivity contribution >= 4 is 46.2 Å². The van der Waals surface area contributed by atoms with Crippen LogP contribution < -0.4 is 15.5 Å². The van der Waals surface area contributed by atoms with E-state index >= 15 is 0 Å². The molecule has 1 atom stereocenters. The molecule has 1 fully saturated rings. The fourth-order valence-electron chi connectivity index (χ4n) is 2.98. The maximum Gasteiger partial charge on any atom is 0.271 e. The Kier molecular flexibility index (Phi) is 5.79. The number of rotatable bonds is 6. The minimum Gasteiger partial charge on any atom is -0.374 e. The third-order valence-corrected chi connectivity index (χ3v) is 4.72. The molecule has 0 spiro atoms. The van der Waals surface area contributed by atoms with Gasteiger partial charge in [-0.15, -0.1) is 0 Å². The summed E-state index contributed by atoms with van der Waals surface area (Å²) in [6.45, 7) is 2.31. The molecule has 0 radical (unpaired) electrons. The zero-order chi connectivity index (χ0) is 20.3. The van der Waals surface area contributed by atoms with Gasteiger partial charge < -0.3 is 15.5 Å². The lowest BCUT2D eigenvalue weighted by atomic mass is 10.2. The lowest BCUT2D eigenvalue weighted by Crippen LogP contribution is -2.32. The lowest BCUT2D eigenvalue weighted by molar-refractivity contribution is -0.384. The molecule has 3 rings (SSSR count). The smallest absolute Gasteiger partial charge is 0.271 e. The molecule has 1 saturated heterocycles. The Morgan fingerprint density at radius 1 is 1.25 bits per heavy atom. The summed E-state index contributed by atoms with van der Waals surface area (Å²) in [6, 6.07) is 10.3. The van der Waals surface area contributed by atoms with Crippen molar-refractivity contribution in [2.75, 3.05) is 22.1 Å². The topological polar surface area (TPSA) is 105 Å². The standard InChI is InChI=1S/C19H19ClN4O4/c1-12(19(26)22-13-4-2-5-15(10-13)24(27)28)21-14-7-8-17(16(20)11-14)23-9-3-6-18(23)25/h2,4-5,7-8,10-12,21H,3,6,9H2,1H3,(H,22,26)/t12-/m1/s1. The number of anilines is 3. The zero-order valence-electron chi connectivity index (χ0n) is 15.1.